The lowest BCUT2D eigenvalue weighted by Gasteiger charge is -2.29. The number of hydrogen-bond acceptors (Lipinski definition) is 4. The molecule has 0 spiro atoms. The van der Waals surface area contributed by atoms with Crippen molar-refractivity contribution in [1.29, 1.82) is 5.26 Å². The SMILES string of the molecule is CN1CCC(n2cc(C#N)c(=O)[nH]c2=O)CC1. The van der Waals surface area contributed by atoms with Crippen molar-refractivity contribution in [3.05, 3.63) is 32.6 Å². The highest BCUT2D eigenvalue weighted by molar-refractivity contribution is 5.21. The molecular weight excluding hydrogens is 220 g/mol. The molecule has 17 heavy (non-hydrogen) atoms. The third kappa shape index (κ3) is 2.29. The summed E-state index contributed by atoms with van der Waals surface area (Å²) < 4.78 is 1.48. The third-order valence-electron chi connectivity index (χ3n) is 3.17. The van der Waals surface area contributed by atoms with E-state index in [4.69, 9.17) is 5.26 Å². The van der Waals surface area contributed by atoms with Crippen LogP contribution in [0.2, 0.25) is 0 Å². The van der Waals surface area contributed by atoms with Gasteiger partial charge in [-0.15, -0.1) is 0 Å². The van der Waals surface area contributed by atoms with Crippen molar-refractivity contribution in [2.75, 3.05) is 20.1 Å². The van der Waals surface area contributed by atoms with Crippen molar-refractivity contribution in [2.24, 2.45) is 0 Å². The van der Waals surface area contributed by atoms with Crippen LogP contribution in [0.25, 0.3) is 0 Å². The highest BCUT2D eigenvalue weighted by Crippen LogP contribution is 2.19. The van der Waals surface area contributed by atoms with E-state index in [0.29, 0.717) is 0 Å². The van der Waals surface area contributed by atoms with E-state index in [0.717, 1.165) is 25.9 Å². The van der Waals surface area contributed by atoms with E-state index in [1.165, 1.54) is 10.8 Å². The smallest absolute Gasteiger partial charge is 0.306 e. The van der Waals surface area contributed by atoms with Gasteiger partial charge < -0.3 is 4.90 Å². The van der Waals surface area contributed by atoms with Crippen LogP contribution in [0.15, 0.2) is 15.8 Å². The molecule has 1 aromatic rings. The molecule has 0 atom stereocenters. The lowest BCUT2D eigenvalue weighted by Crippen LogP contribution is -2.38. The molecule has 0 saturated carbocycles. The van der Waals surface area contributed by atoms with Gasteiger partial charge in [-0.2, -0.15) is 5.26 Å². The van der Waals surface area contributed by atoms with E-state index in [-0.39, 0.29) is 11.6 Å². The largest absolute Gasteiger partial charge is 0.328 e. The zero-order chi connectivity index (χ0) is 12.4. The maximum atomic E-state index is 11.7. The molecule has 1 N–H and O–H groups in total. The lowest BCUT2D eigenvalue weighted by molar-refractivity contribution is 0.217. The van der Waals surface area contributed by atoms with Crippen molar-refractivity contribution in [1.82, 2.24) is 14.5 Å². The summed E-state index contributed by atoms with van der Waals surface area (Å²) in [4.78, 5) is 27.3. The normalized spacial score (nSPS) is 17.9. The summed E-state index contributed by atoms with van der Waals surface area (Å²) in [6, 6.07) is 1.87. The van der Waals surface area contributed by atoms with Crippen molar-refractivity contribution in [3.63, 3.8) is 0 Å². The van der Waals surface area contributed by atoms with E-state index < -0.39 is 11.2 Å². The van der Waals surface area contributed by atoms with Gasteiger partial charge in [-0.05, 0) is 33.0 Å². The Morgan fingerprint density at radius 2 is 2.06 bits per heavy atom. The van der Waals surface area contributed by atoms with Crippen LogP contribution in [0.1, 0.15) is 24.4 Å². The molecule has 0 radical (unpaired) electrons. The average molecular weight is 234 g/mol. The Morgan fingerprint density at radius 1 is 1.41 bits per heavy atom. The zero-order valence-corrected chi connectivity index (χ0v) is 9.64. The minimum atomic E-state index is -0.610. The predicted molar refractivity (Wildman–Crippen MR) is 61.8 cm³/mol. The fourth-order valence-corrected chi connectivity index (χ4v) is 2.11. The molecule has 6 nitrogen and oxygen atoms in total. The van der Waals surface area contributed by atoms with E-state index >= 15 is 0 Å². The quantitative estimate of drug-likeness (QED) is 0.721. The molecule has 1 saturated heterocycles. The van der Waals surface area contributed by atoms with E-state index in [9.17, 15) is 9.59 Å². The fourth-order valence-electron chi connectivity index (χ4n) is 2.11. The van der Waals surface area contributed by atoms with Crippen LogP contribution in [-0.4, -0.2) is 34.6 Å². The number of nitriles is 1. The molecule has 0 amide bonds. The van der Waals surface area contributed by atoms with Crippen molar-refractivity contribution < 1.29 is 0 Å². The molecule has 0 unspecified atom stereocenters. The number of hydrogen-bond donors (Lipinski definition) is 1. The summed E-state index contributed by atoms with van der Waals surface area (Å²) in [6.45, 7) is 1.83. The number of H-pyrrole nitrogens is 1. The van der Waals surface area contributed by atoms with Gasteiger partial charge in [-0.1, -0.05) is 0 Å². The number of likely N-dealkylation sites (tertiary alicyclic amines) is 1. The first-order chi connectivity index (χ1) is 8.11. The average Bonchev–Trinajstić information content (AvgIpc) is 2.31. The second-order valence-corrected chi connectivity index (χ2v) is 4.36. The Bertz CT molecular complexity index is 558. The summed E-state index contributed by atoms with van der Waals surface area (Å²) in [7, 11) is 2.03. The first-order valence-corrected chi connectivity index (χ1v) is 5.56. The molecule has 90 valence electrons. The van der Waals surface area contributed by atoms with Crippen molar-refractivity contribution in [3.8, 4) is 6.07 Å². The van der Waals surface area contributed by atoms with Crippen LogP contribution in [-0.2, 0) is 0 Å². The summed E-state index contributed by atoms with van der Waals surface area (Å²) in [5.41, 5.74) is -1.05. The monoisotopic (exact) mass is 234 g/mol. The number of piperidine rings is 1. The number of nitrogens with zero attached hydrogens (tertiary/aromatic N) is 3. The van der Waals surface area contributed by atoms with Gasteiger partial charge in [0.1, 0.15) is 11.6 Å². The minimum absolute atomic E-state index is 0.0106. The Hall–Kier alpha value is -1.87. The number of rotatable bonds is 1. The molecule has 0 aliphatic carbocycles. The summed E-state index contributed by atoms with van der Waals surface area (Å²) in [5.74, 6) is 0. The van der Waals surface area contributed by atoms with Crippen LogP contribution in [0.3, 0.4) is 0 Å². The minimum Gasteiger partial charge on any atom is -0.306 e. The zero-order valence-electron chi connectivity index (χ0n) is 9.64. The fraction of sp³-hybridized carbons (Fsp3) is 0.545. The van der Waals surface area contributed by atoms with Crippen LogP contribution < -0.4 is 11.2 Å². The Labute approximate surface area is 98.1 Å². The highest BCUT2D eigenvalue weighted by Gasteiger charge is 2.19. The topological polar surface area (TPSA) is 81.9 Å². The van der Waals surface area contributed by atoms with Gasteiger partial charge >= 0.3 is 5.69 Å². The third-order valence-corrected chi connectivity index (χ3v) is 3.17. The van der Waals surface area contributed by atoms with Crippen molar-refractivity contribution in [2.45, 2.75) is 18.9 Å². The van der Waals surface area contributed by atoms with Crippen molar-refractivity contribution >= 4 is 0 Å². The lowest BCUT2D eigenvalue weighted by atomic mass is 10.1. The van der Waals surface area contributed by atoms with Gasteiger partial charge in [0.2, 0.25) is 0 Å². The molecule has 2 heterocycles. The van der Waals surface area contributed by atoms with Crippen LogP contribution >= 0.6 is 0 Å². The van der Waals surface area contributed by atoms with Crippen LogP contribution in [0.4, 0.5) is 0 Å². The second kappa shape index (κ2) is 4.55. The molecular formula is C11H14N4O2. The number of aromatic amines is 1. The molecule has 1 aromatic heterocycles. The molecule has 1 fully saturated rings. The molecule has 1 aliphatic rings. The van der Waals surface area contributed by atoms with Crippen LogP contribution in [0, 0.1) is 11.3 Å². The number of aromatic nitrogens is 2. The molecule has 1 aliphatic heterocycles. The van der Waals surface area contributed by atoms with Crippen LogP contribution in [0.5, 0.6) is 0 Å². The first-order valence-electron chi connectivity index (χ1n) is 5.56. The summed E-state index contributed by atoms with van der Waals surface area (Å²) in [5, 5.41) is 8.78. The highest BCUT2D eigenvalue weighted by atomic mass is 16.2. The first kappa shape index (κ1) is 11.6. The Morgan fingerprint density at radius 3 is 2.65 bits per heavy atom. The van der Waals surface area contributed by atoms with E-state index in [1.54, 1.807) is 6.07 Å². The van der Waals surface area contributed by atoms with Gasteiger partial charge in [0.15, 0.2) is 0 Å². The maximum absolute atomic E-state index is 11.7. The van der Waals surface area contributed by atoms with Gasteiger partial charge in [-0.25, -0.2) is 4.79 Å². The Kier molecular flexibility index (Phi) is 3.11. The standard InChI is InChI=1S/C11H14N4O2/c1-14-4-2-9(3-5-14)15-7-8(6-12)10(16)13-11(15)17/h7,9H,2-5H2,1H3,(H,13,16,17). The van der Waals surface area contributed by atoms with Gasteiger partial charge in [0.25, 0.3) is 5.56 Å². The predicted octanol–water partition coefficient (Wildman–Crippen LogP) is -0.325. The van der Waals surface area contributed by atoms with Gasteiger partial charge in [0, 0.05) is 12.2 Å². The van der Waals surface area contributed by atoms with E-state index in [1.807, 2.05) is 7.05 Å². The maximum Gasteiger partial charge on any atom is 0.328 e. The molecule has 0 bridgehead atoms. The summed E-state index contributed by atoms with van der Waals surface area (Å²) >= 11 is 0. The van der Waals surface area contributed by atoms with Gasteiger partial charge in [-0.3, -0.25) is 14.3 Å². The molecule has 2 rings (SSSR count). The molecule has 0 aromatic carbocycles. The Balaban J connectivity index is 2.36. The summed E-state index contributed by atoms with van der Waals surface area (Å²) in [6.07, 6.45) is 3.08. The van der Waals surface area contributed by atoms with E-state index in [2.05, 4.69) is 9.88 Å². The van der Waals surface area contributed by atoms with Gasteiger partial charge in [0.05, 0.1) is 0 Å². The number of nitrogens with one attached hydrogen (secondary N) is 1. The molecule has 6 heteroatoms. The second-order valence-electron chi connectivity index (χ2n) is 4.36.